The summed E-state index contributed by atoms with van der Waals surface area (Å²) in [6, 6.07) is 3.74. The Balaban J connectivity index is 2.33. The normalized spacial score (nSPS) is 10.1. The molecule has 1 aromatic rings. The van der Waals surface area contributed by atoms with E-state index in [-0.39, 0.29) is 5.91 Å². The molecule has 1 rings (SSSR count). The Kier molecular flexibility index (Phi) is 6.37. The maximum Gasteiger partial charge on any atom is 0.270 e. The first-order valence-corrected chi connectivity index (χ1v) is 7.04. The number of halogens is 1. The number of carbonyl (C=O) groups excluding carboxylic acids is 1. The molecule has 0 saturated carbocycles. The van der Waals surface area contributed by atoms with Gasteiger partial charge >= 0.3 is 0 Å². The smallest absolute Gasteiger partial charge is 0.270 e. The molecule has 1 aromatic heterocycles. The lowest BCUT2D eigenvalue weighted by Crippen LogP contribution is -2.26. The molecule has 0 spiro atoms. The Labute approximate surface area is 110 Å². The zero-order chi connectivity index (χ0) is 11.8. The summed E-state index contributed by atoms with van der Waals surface area (Å²) in [5, 5.41) is 2.89. The van der Waals surface area contributed by atoms with Crippen molar-refractivity contribution in [2.24, 2.45) is 0 Å². The molecule has 1 amide bonds. The van der Waals surface area contributed by atoms with E-state index in [0.29, 0.717) is 5.69 Å². The first-order chi connectivity index (χ1) is 7.75. The molecule has 0 aromatic carbocycles. The number of alkyl halides is 1. The summed E-state index contributed by atoms with van der Waals surface area (Å²) in [5.41, 5.74) is 1.46. The van der Waals surface area contributed by atoms with Crippen LogP contribution in [0.4, 0.5) is 0 Å². The van der Waals surface area contributed by atoms with E-state index in [9.17, 15) is 4.79 Å². The van der Waals surface area contributed by atoms with Gasteiger partial charge in [0.25, 0.3) is 5.91 Å². The van der Waals surface area contributed by atoms with Crippen molar-refractivity contribution >= 4 is 28.5 Å². The van der Waals surface area contributed by atoms with Gasteiger partial charge in [0.1, 0.15) is 5.69 Å². The van der Waals surface area contributed by atoms with Gasteiger partial charge in [-0.25, -0.2) is 0 Å². The molecule has 0 atom stereocenters. The highest BCUT2D eigenvalue weighted by atomic mass is 127. The van der Waals surface area contributed by atoms with Crippen molar-refractivity contribution in [1.82, 2.24) is 10.3 Å². The molecular weight excluding hydrogens is 315 g/mol. The van der Waals surface area contributed by atoms with Crippen molar-refractivity contribution in [2.45, 2.75) is 26.2 Å². The third kappa shape index (κ3) is 4.47. The highest BCUT2D eigenvalue weighted by Gasteiger charge is 2.08. The van der Waals surface area contributed by atoms with Crippen LogP contribution in [0.15, 0.2) is 18.3 Å². The molecular formula is C12H17IN2O. The van der Waals surface area contributed by atoms with E-state index in [4.69, 9.17) is 0 Å². The number of hydrogen-bond acceptors (Lipinski definition) is 2. The van der Waals surface area contributed by atoms with Gasteiger partial charge in [0.15, 0.2) is 0 Å². The molecule has 0 saturated heterocycles. The van der Waals surface area contributed by atoms with Gasteiger partial charge in [-0.05, 0) is 35.8 Å². The van der Waals surface area contributed by atoms with E-state index >= 15 is 0 Å². The van der Waals surface area contributed by atoms with Crippen LogP contribution in [-0.2, 0) is 0 Å². The van der Waals surface area contributed by atoms with Crippen molar-refractivity contribution < 1.29 is 4.79 Å². The van der Waals surface area contributed by atoms with Gasteiger partial charge in [0, 0.05) is 12.7 Å². The van der Waals surface area contributed by atoms with Gasteiger partial charge in [-0.15, -0.1) is 0 Å². The zero-order valence-corrected chi connectivity index (χ0v) is 11.7. The standard InChI is InChI=1S/C12H17IN2O/c1-10-6-5-9-14-11(10)12(16)15-8-4-2-3-7-13/h5-6,9H,2-4,7-8H2,1H3,(H,15,16). The predicted molar refractivity (Wildman–Crippen MR) is 74.0 cm³/mol. The Morgan fingerprint density at radius 3 is 2.94 bits per heavy atom. The van der Waals surface area contributed by atoms with E-state index in [1.807, 2.05) is 19.1 Å². The Bertz CT molecular complexity index is 342. The van der Waals surface area contributed by atoms with Crippen LogP contribution in [0, 0.1) is 6.92 Å². The third-order valence-corrected chi connectivity index (χ3v) is 3.08. The van der Waals surface area contributed by atoms with Crippen LogP contribution < -0.4 is 5.32 Å². The molecule has 88 valence electrons. The van der Waals surface area contributed by atoms with E-state index in [2.05, 4.69) is 32.9 Å². The number of nitrogens with zero attached hydrogens (tertiary/aromatic N) is 1. The second-order valence-corrected chi connectivity index (χ2v) is 4.75. The number of rotatable bonds is 6. The predicted octanol–water partition coefficient (Wildman–Crippen LogP) is 2.73. The Morgan fingerprint density at radius 2 is 2.25 bits per heavy atom. The van der Waals surface area contributed by atoms with Gasteiger partial charge in [-0.3, -0.25) is 9.78 Å². The lowest BCUT2D eigenvalue weighted by Gasteiger charge is -2.05. The molecule has 4 heteroatoms. The Hall–Kier alpha value is -0.650. The maximum absolute atomic E-state index is 11.7. The lowest BCUT2D eigenvalue weighted by atomic mass is 10.2. The van der Waals surface area contributed by atoms with Crippen LogP contribution in [0.1, 0.15) is 35.3 Å². The van der Waals surface area contributed by atoms with Gasteiger partial charge in [-0.2, -0.15) is 0 Å². The number of hydrogen-bond donors (Lipinski definition) is 1. The quantitative estimate of drug-likeness (QED) is 0.494. The number of pyridine rings is 1. The van der Waals surface area contributed by atoms with Crippen LogP contribution in [0.3, 0.4) is 0 Å². The molecule has 0 aliphatic rings. The molecule has 16 heavy (non-hydrogen) atoms. The first kappa shape index (κ1) is 13.4. The van der Waals surface area contributed by atoms with Crippen LogP contribution in [0.5, 0.6) is 0 Å². The highest BCUT2D eigenvalue weighted by molar-refractivity contribution is 14.1. The molecule has 1 N–H and O–H groups in total. The van der Waals surface area contributed by atoms with Gasteiger partial charge in [0.05, 0.1) is 0 Å². The largest absolute Gasteiger partial charge is 0.351 e. The number of aromatic nitrogens is 1. The number of unbranched alkanes of at least 4 members (excludes halogenated alkanes) is 2. The second-order valence-electron chi connectivity index (χ2n) is 3.67. The van der Waals surface area contributed by atoms with Gasteiger partial charge in [0.2, 0.25) is 0 Å². The third-order valence-electron chi connectivity index (χ3n) is 2.32. The van der Waals surface area contributed by atoms with Crippen molar-refractivity contribution in [3.8, 4) is 0 Å². The van der Waals surface area contributed by atoms with Crippen molar-refractivity contribution in [2.75, 3.05) is 11.0 Å². The molecule has 3 nitrogen and oxygen atoms in total. The molecule has 0 fully saturated rings. The number of aryl methyl sites for hydroxylation is 1. The van der Waals surface area contributed by atoms with Crippen LogP contribution in [0.2, 0.25) is 0 Å². The average Bonchev–Trinajstić information content (AvgIpc) is 2.29. The maximum atomic E-state index is 11.7. The van der Waals surface area contributed by atoms with E-state index < -0.39 is 0 Å². The fraction of sp³-hybridized carbons (Fsp3) is 0.500. The summed E-state index contributed by atoms with van der Waals surface area (Å²) >= 11 is 2.37. The van der Waals surface area contributed by atoms with Gasteiger partial charge in [-0.1, -0.05) is 35.1 Å². The Morgan fingerprint density at radius 1 is 1.44 bits per heavy atom. The van der Waals surface area contributed by atoms with Crippen molar-refractivity contribution in [3.63, 3.8) is 0 Å². The van der Waals surface area contributed by atoms with Crippen LogP contribution in [-0.4, -0.2) is 21.9 Å². The fourth-order valence-corrected chi connectivity index (χ4v) is 1.94. The average molecular weight is 332 g/mol. The van der Waals surface area contributed by atoms with E-state index in [1.165, 1.54) is 17.3 Å². The first-order valence-electron chi connectivity index (χ1n) is 5.51. The number of nitrogens with one attached hydrogen (secondary N) is 1. The number of amides is 1. The molecule has 0 radical (unpaired) electrons. The minimum absolute atomic E-state index is 0.0624. The molecule has 0 unspecified atom stereocenters. The molecule has 1 heterocycles. The summed E-state index contributed by atoms with van der Waals surface area (Å²) < 4.78 is 1.19. The molecule has 0 aliphatic carbocycles. The van der Waals surface area contributed by atoms with Crippen molar-refractivity contribution in [3.05, 3.63) is 29.6 Å². The summed E-state index contributed by atoms with van der Waals surface area (Å²) in [4.78, 5) is 15.8. The second kappa shape index (κ2) is 7.60. The summed E-state index contributed by atoms with van der Waals surface area (Å²) in [6.45, 7) is 2.64. The lowest BCUT2D eigenvalue weighted by molar-refractivity contribution is 0.0947. The minimum Gasteiger partial charge on any atom is -0.351 e. The highest BCUT2D eigenvalue weighted by Crippen LogP contribution is 2.03. The zero-order valence-electron chi connectivity index (χ0n) is 9.50. The monoisotopic (exact) mass is 332 g/mol. The topological polar surface area (TPSA) is 42.0 Å². The fourth-order valence-electron chi connectivity index (χ4n) is 1.41. The van der Waals surface area contributed by atoms with Crippen LogP contribution in [0.25, 0.3) is 0 Å². The van der Waals surface area contributed by atoms with Gasteiger partial charge < -0.3 is 5.32 Å². The summed E-state index contributed by atoms with van der Waals surface area (Å²) in [5.74, 6) is -0.0624. The SMILES string of the molecule is Cc1cccnc1C(=O)NCCCCCI. The summed E-state index contributed by atoms with van der Waals surface area (Å²) in [7, 11) is 0. The number of carbonyl (C=O) groups is 1. The van der Waals surface area contributed by atoms with Crippen LogP contribution >= 0.6 is 22.6 Å². The molecule has 0 aliphatic heterocycles. The van der Waals surface area contributed by atoms with Crippen molar-refractivity contribution in [1.29, 1.82) is 0 Å². The minimum atomic E-state index is -0.0624. The van der Waals surface area contributed by atoms with E-state index in [0.717, 1.165) is 18.5 Å². The molecule has 0 bridgehead atoms. The van der Waals surface area contributed by atoms with E-state index in [1.54, 1.807) is 6.20 Å². The summed E-state index contributed by atoms with van der Waals surface area (Å²) in [6.07, 6.45) is 5.09.